The van der Waals surface area contributed by atoms with Gasteiger partial charge in [-0.05, 0) is 25.3 Å². The number of nitro groups is 1. The van der Waals surface area contributed by atoms with Crippen LogP contribution in [0.15, 0.2) is 18.2 Å². The number of likely N-dealkylation sites (tertiary alicyclic amines) is 1. The van der Waals surface area contributed by atoms with E-state index >= 15 is 0 Å². The van der Waals surface area contributed by atoms with Gasteiger partial charge in [0.15, 0.2) is 0 Å². The molecule has 0 aliphatic carbocycles. The summed E-state index contributed by atoms with van der Waals surface area (Å²) in [6.07, 6.45) is 0.838. The van der Waals surface area contributed by atoms with Gasteiger partial charge in [0.05, 0.1) is 17.6 Å². The standard InChI is InChI=1S/C14H18N2O4/c1-9-3-4-11(7-12(9)16(19)20)14(18)15-6-5-10(2)13(15)8-17/h3-4,7,10,13,17H,5-6,8H2,1-2H3. The summed E-state index contributed by atoms with van der Waals surface area (Å²) < 4.78 is 0. The summed E-state index contributed by atoms with van der Waals surface area (Å²) in [6, 6.07) is 4.29. The molecule has 0 radical (unpaired) electrons. The number of aliphatic hydroxyl groups is 1. The van der Waals surface area contributed by atoms with Crippen molar-refractivity contribution in [1.82, 2.24) is 4.90 Å². The zero-order valence-corrected chi connectivity index (χ0v) is 11.6. The molecule has 1 aliphatic heterocycles. The minimum absolute atomic E-state index is 0.0522. The fraction of sp³-hybridized carbons (Fsp3) is 0.500. The summed E-state index contributed by atoms with van der Waals surface area (Å²) >= 11 is 0. The highest BCUT2D eigenvalue weighted by Crippen LogP contribution is 2.27. The van der Waals surface area contributed by atoms with Crippen molar-refractivity contribution in [2.24, 2.45) is 5.92 Å². The lowest BCUT2D eigenvalue weighted by Crippen LogP contribution is -2.39. The third kappa shape index (κ3) is 2.51. The molecular weight excluding hydrogens is 260 g/mol. The second-order valence-electron chi connectivity index (χ2n) is 5.27. The number of benzene rings is 1. The van der Waals surface area contributed by atoms with Crippen molar-refractivity contribution >= 4 is 11.6 Å². The molecule has 1 aromatic rings. The zero-order valence-electron chi connectivity index (χ0n) is 11.6. The average Bonchev–Trinajstić information content (AvgIpc) is 2.79. The molecule has 2 rings (SSSR count). The Morgan fingerprint density at radius 3 is 2.85 bits per heavy atom. The number of nitrogens with zero attached hydrogens (tertiary/aromatic N) is 2. The Kier molecular flexibility index (Phi) is 4.04. The molecule has 1 fully saturated rings. The quantitative estimate of drug-likeness (QED) is 0.674. The Morgan fingerprint density at radius 1 is 1.55 bits per heavy atom. The highest BCUT2D eigenvalue weighted by Gasteiger charge is 2.34. The van der Waals surface area contributed by atoms with E-state index in [1.54, 1.807) is 24.0 Å². The molecule has 6 nitrogen and oxygen atoms in total. The monoisotopic (exact) mass is 278 g/mol. The average molecular weight is 278 g/mol. The molecule has 1 amide bonds. The predicted molar refractivity (Wildman–Crippen MR) is 73.5 cm³/mol. The largest absolute Gasteiger partial charge is 0.394 e. The van der Waals surface area contributed by atoms with Crippen LogP contribution < -0.4 is 0 Å². The molecule has 6 heteroatoms. The molecule has 1 heterocycles. The lowest BCUT2D eigenvalue weighted by molar-refractivity contribution is -0.385. The van der Waals surface area contributed by atoms with Crippen LogP contribution in [0, 0.1) is 23.0 Å². The maximum atomic E-state index is 12.4. The van der Waals surface area contributed by atoms with Gasteiger partial charge in [-0.2, -0.15) is 0 Å². The second-order valence-corrected chi connectivity index (χ2v) is 5.27. The normalized spacial score (nSPS) is 22.1. The number of aliphatic hydroxyl groups excluding tert-OH is 1. The van der Waals surface area contributed by atoms with Crippen molar-refractivity contribution in [3.05, 3.63) is 39.4 Å². The van der Waals surface area contributed by atoms with Crippen molar-refractivity contribution in [1.29, 1.82) is 0 Å². The van der Waals surface area contributed by atoms with Gasteiger partial charge in [0, 0.05) is 23.7 Å². The first kappa shape index (κ1) is 14.5. The summed E-state index contributed by atoms with van der Waals surface area (Å²) in [6.45, 7) is 4.13. The number of aryl methyl sites for hydroxylation is 1. The van der Waals surface area contributed by atoms with Crippen LogP contribution in [-0.4, -0.2) is 40.0 Å². The Balaban J connectivity index is 2.30. The topological polar surface area (TPSA) is 83.7 Å². The van der Waals surface area contributed by atoms with E-state index in [1.807, 2.05) is 6.92 Å². The number of rotatable bonds is 3. The van der Waals surface area contributed by atoms with E-state index in [0.29, 0.717) is 17.7 Å². The van der Waals surface area contributed by atoms with Crippen molar-refractivity contribution in [3.8, 4) is 0 Å². The van der Waals surface area contributed by atoms with Gasteiger partial charge in [0.25, 0.3) is 11.6 Å². The molecule has 1 N–H and O–H groups in total. The Bertz CT molecular complexity index is 544. The molecule has 2 atom stereocenters. The van der Waals surface area contributed by atoms with Crippen molar-refractivity contribution in [2.75, 3.05) is 13.2 Å². The molecule has 2 unspecified atom stereocenters. The molecule has 1 aromatic carbocycles. The van der Waals surface area contributed by atoms with Gasteiger partial charge >= 0.3 is 0 Å². The van der Waals surface area contributed by atoms with Gasteiger partial charge in [0.2, 0.25) is 0 Å². The summed E-state index contributed by atoms with van der Waals surface area (Å²) in [7, 11) is 0. The number of amides is 1. The Morgan fingerprint density at radius 2 is 2.25 bits per heavy atom. The molecule has 1 saturated heterocycles. The molecule has 0 bridgehead atoms. The van der Waals surface area contributed by atoms with Crippen LogP contribution >= 0.6 is 0 Å². The van der Waals surface area contributed by atoms with Crippen molar-refractivity contribution in [2.45, 2.75) is 26.3 Å². The van der Waals surface area contributed by atoms with E-state index in [1.165, 1.54) is 6.07 Å². The second kappa shape index (κ2) is 5.58. The van der Waals surface area contributed by atoms with Gasteiger partial charge in [0.1, 0.15) is 0 Å². The Labute approximate surface area is 117 Å². The van der Waals surface area contributed by atoms with Crippen LogP contribution in [0.3, 0.4) is 0 Å². The van der Waals surface area contributed by atoms with Gasteiger partial charge < -0.3 is 10.0 Å². The van der Waals surface area contributed by atoms with Gasteiger partial charge in [-0.1, -0.05) is 13.0 Å². The van der Waals surface area contributed by atoms with Crippen molar-refractivity contribution < 1.29 is 14.8 Å². The first-order chi connectivity index (χ1) is 9.45. The third-order valence-corrected chi connectivity index (χ3v) is 3.98. The van der Waals surface area contributed by atoms with Crippen LogP contribution in [0.2, 0.25) is 0 Å². The van der Waals surface area contributed by atoms with E-state index in [0.717, 1.165) is 6.42 Å². The highest BCUT2D eigenvalue weighted by atomic mass is 16.6. The van der Waals surface area contributed by atoms with E-state index in [-0.39, 0.29) is 30.2 Å². The third-order valence-electron chi connectivity index (χ3n) is 3.98. The van der Waals surface area contributed by atoms with Gasteiger partial charge in [-0.25, -0.2) is 0 Å². The van der Waals surface area contributed by atoms with Crippen LogP contribution in [0.5, 0.6) is 0 Å². The van der Waals surface area contributed by atoms with Crippen molar-refractivity contribution in [3.63, 3.8) is 0 Å². The smallest absolute Gasteiger partial charge is 0.273 e. The lowest BCUT2D eigenvalue weighted by atomic mass is 10.0. The molecular formula is C14H18N2O4. The molecule has 0 saturated carbocycles. The van der Waals surface area contributed by atoms with Crippen LogP contribution in [0.1, 0.15) is 29.3 Å². The first-order valence-electron chi connectivity index (χ1n) is 6.62. The summed E-state index contributed by atoms with van der Waals surface area (Å²) in [5.74, 6) is -0.0131. The maximum Gasteiger partial charge on any atom is 0.273 e. The van der Waals surface area contributed by atoms with E-state index < -0.39 is 4.92 Å². The minimum atomic E-state index is -0.484. The molecule has 20 heavy (non-hydrogen) atoms. The van der Waals surface area contributed by atoms with E-state index in [9.17, 15) is 20.0 Å². The fourth-order valence-corrected chi connectivity index (χ4v) is 2.64. The fourth-order valence-electron chi connectivity index (χ4n) is 2.64. The van der Waals surface area contributed by atoms with Crippen LogP contribution in [-0.2, 0) is 0 Å². The maximum absolute atomic E-state index is 12.4. The summed E-state index contributed by atoms with van der Waals surface area (Å²) in [5.41, 5.74) is 0.776. The van der Waals surface area contributed by atoms with E-state index in [2.05, 4.69) is 0 Å². The number of carbonyl (C=O) groups is 1. The van der Waals surface area contributed by atoms with Crippen LogP contribution in [0.25, 0.3) is 0 Å². The molecule has 108 valence electrons. The zero-order chi connectivity index (χ0) is 14.9. The predicted octanol–water partition coefficient (Wildman–Crippen LogP) is 1.75. The van der Waals surface area contributed by atoms with Gasteiger partial charge in [-0.3, -0.25) is 14.9 Å². The summed E-state index contributed by atoms with van der Waals surface area (Å²) in [4.78, 5) is 24.5. The minimum Gasteiger partial charge on any atom is -0.394 e. The SMILES string of the molecule is Cc1ccc(C(=O)N2CCC(C)C2CO)cc1[N+](=O)[O-]. The van der Waals surface area contributed by atoms with Gasteiger partial charge in [-0.15, -0.1) is 0 Å². The lowest BCUT2D eigenvalue weighted by Gasteiger charge is -2.25. The molecule has 0 aromatic heterocycles. The number of nitro benzene ring substituents is 1. The first-order valence-corrected chi connectivity index (χ1v) is 6.62. The highest BCUT2D eigenvalue weighted by molar-refractivity contribution is 5.95. The molecule has 1 aliphatic rings. The number of hydrogen-bond acceptors (Lipinski definition) is 4. The van der Waals surface area contributed by atoms with E-state index in [4.69, 9.17) is 0 Å². The number of hydrogen-bond donors (Lipinski definition) is 1. The Hall–Kier alpha value is -1.95. The molecule has 0 spiro atoms. The summed E-state index contributed by atoms with van der Waals surface area (Å²) in [5, 5.41) is 20.3. The number of carbonyl (C=O) groups excluding carboxylic acids is 1. The van der Waals surface area contributed by atoms with Crippen LogP contribution in [0.4, 0.5) is 5.69 Å².